The smallest absolute Gasteiger partial charge is 0.352 e. The predicted molar refractivity (Wildman–Crippen MR) is 70.0 cm³/mol. The van der Waals surface area contributed by atoms with E-state index < -0.39 is 21.8 Å². The fourth-order valence-corrected chi connectivity index (χ4v) is 2.72. The van der Waals surface area contributed by atoms with E-state index in [0.29, 0.717) is 0 Å². The summed E-state index contributed by atoms with van der Waals surface area (Å²) in [7, 11) is -4.06. The summed E-state index contributed by atoms with van der Waals surface area (Å²) in [4.78, 5) is 12.7. The van der Waals surface area contributed by atoms with E-state index >= 15 is 0 Å². The van der Waals surface area contributed by atoms with Crippen LogP contribution in [0.2, 0.25) is 5.02 Å². The highest BCUT2D eigenvalue weighted by molar-refractivity contribution is 7.92. The first-order valence-electron chi connectivity index (χ1n) is 5.19. The number of carboxylic acid groups (broad SMARTS) is 1. The molecule has 0 fully saturated rings. The summed E-state index contributed by atoms with van der Waals surface area (Å²) >= 11 is 5.75. The average Bonchev–Trinajstić information content (AvgIpc) is 2.84. The lowest BCUT2D eigenvalue weighted by Crippen LogP contribution is -2.12. The lowest BCUT2D eigenvalue weighted by atomic mass is 10.3. The number of aromatic nitrogens is 1. The van der Waals surface area contributed by atoms with Gasteiger partial charge in [0.25, 0.3) is 10.0 Å². The average molecular weight is 319 g/mol. The molecule has 2 aromatic rings. The van der Waals surface area contributed by atoms with Gasteiger partial charge in [-0.3, -0.25) is 4.72 Å². The molecule has 0 unspecified atom stereocenters. The quantitative estimate of drug-likeness (QED) is 0.805. The second-order valence-corrected chi connectivity index (χ2v) is 5.87. The first-order chi connectivity index (χ1) is 9.29. The van der Waals surface area contributed by atoms with Crippen LogP contribution in [0, 0.1) is 5.82 Å². The number of hydrogen-bond donors (Lipinski definition) is 3. The van der Waals surface area contributed by atoms with Gasteiger partial charge in [-0.2, -0.15) is 0 Å². The van der Waals surface area contributed by atoms with Crippen molar-refractivity contribution in [3.63, 3.8) is 0 Å². The number of carbonyl (C=O) groups is 1. The van der Waals surface area contributed by atoms with E-state index in [0.717, 1.165) is 24.4 Å². The van der Waals surface area contributed by atoms with Gasteiger partial charge in [0, 0.05) is 6.20 Å². The van der Waals surface area contributed by atoms with Crippen molar-refractivity contribution in [1.29, 1.82) is 0 Å². The fourth-order valence-electron chi connectivity index (χ4n) is 1.43. The molecule has 0 saturated heterocycles. The number of rotatable bonds is 4. The summed E-state index contributed by atoms with van der Waals surface area (Å²) in [5.74, 6) is -1.96. The molecule has 0 saturated carbocycles. The Labute approximate surface area is 118 Å². The SMILES string of the molecule is O=C(O)c1cc(S(=O)(=O)Nc2cc(F)ccc2Cl)c[nH]1. The van der Waals surface area contributed by atoms with E-state index in [4.69, 9.17) is 16.7 Å². The van der Waals surface area contributed by atoms with Crippen LogP contribution >= 0.6 is 11.6 Å². The number of halogens is 2. The maximum Gasteiger partial charge on any atom is 0.352 e. The predicted octanol–water partition coefficient (Wildman–Crippen LogP) is 2.31. The molecule has 0 amide bonds. The van der Waals surface area contributed by atoms with Crippen LogP contribution in [0.5, 0.6) is 0 Å². The third kappa shape index (κ3) is 2.91. The van der Waals surface area contributed by atoms with Gasteiger partial charge >= 0.3 is 5.97 Å². The summed E-state index contributed by atoms with van der Waals surface area (Å²) in [5.41, 5.74) is -0.416. The van der Waals surface area contributed by atoms with Gasteiger partial charge in [0.2, 0.25) is 0 Å². The van der Waals surface area contributed by atoms with Gasteiger partial charge < -0.3 is 10.1 Å². The highest BCUT2D eigenvalue weighted by atomic mass is 35.5. The van der Waals surface area contributed by atoms with Crippen LogP contribution in [0.1, 0.15) is 10.5 Å². The monoisotopic (exact) mass is 318 g/mol. The van der Waals surface area contributed by atoms with Crippen molar-refractivity contribution >= 4 is 33.3 Å². The number of carboxylic acids is 1. The molecule has 20 heavy (non-hydrogen) atoms. The number of anilines is 1. The molecule has 1 aromatic carbocycles. The first kappa shape index (κ1) is 14.4. The molecule has 1 aromatic heterocycles. The molecule has 106 valence electrons. The van der Waals surface area contributed by atoms with Crippen LogP contribution in [-0.4, -0.2) is 24.5 Å². The molecule has 0 aliphatic rings. The normalized spacial score (nSPS) is 11.3. The highest BCUT2D eigenvalue weighted by Gasteiger charge is 2.19. The van der Waals surface area contributed by atoms with Crippen molar-refractivity contribution in [1.82, 2.24) is 4.98 Å². The van der Waals surface area contributed by atoms with Crippen LogP contribution in [0.3, 0.4) is 0 Å². The van der Waals surface area contributed by atoms with Crippen molar-refractivity contribution in [2.24, 2.45) is 0 Å². The maximum absolute atomic E-state index is 13.1. The van der Waals surface area contributed by atoms with Crippen molar-refractivity contribution in [3.8, 4) is 0 Å². The van der Waals surface area contributed by atoms with Gasteiger partial charge in [-0.25, -0.2) is 17.6 Å². The Morgan fingerprint density at radius 1 is 1.35 bits per heavy atom. The van der Waals surface area contributed by atoms with Crippen LogP contribution in [0.15, 0.2) is 35.4 Å². The van der Waals surface area contributed by atoms with Crippen molar-refractivity contribution in [2.75, 3.05) is 4.72 Å². The Morgan fingerprint density at radius 2 is 2.05 bits per heavy atom. The number of aromatic carboxylic acids is 1. The minimum Gasteiger partial charge on any atom is -0.477 e. The molecule has 1 heterocycles. The minimum absolute atomic E-state index is 0.0176. The lowest BCUT2D eigenvalue weighted by Gasteiger charge is -2.08. The fraction of sp³-hybridized carbons (Fsp3) is 0. The third-order valence-corrected chi connectivity index (χ3v) is 4.04. The zero-order valence-electron chi connectivity index (χ0n) is 9.72. The second-order valence-electron chi connectivity index (χ2n) is 3.78. The van der Waals surface area contributed by atoms with Crippen LogP contribution in [0.25, 0.3) is 0 Å². The molecule has 3 N–H and O–H groups in total. The number of aromatic amines is 1. The number of nitrogens with one attached hydrogen (secondary N) is 2. The number of sulfonamides is 1. The van der Waals surface area contributed by atoms with Crippen molar-refractivity contribution in [2.45, 2.75) is 4.90 Å². The first-order valence-corrected chi connectivity index (χ1v) is 7.05. The summed E-state index contributed by atoms with van der Waals surface area (Å²) < 4.78 is 39.1. The number of benzene rings is 1. The Balaban J connectivity index is 2.35. The Kier molecular flexibility index (Phi) is 3.69. The summed E-state index contributed by atoms with van der Waals surface area (Å²) in [6.45, 7) is 0. The van der Waals surface area contributed by atoms with Gasteiger partial charge in [0.15, 0.2) is 0 Å². The Hall–Kier alpha value is -2.06. The molecule has 0 aliphatic heterocycles. The van der Waals surface area contributed by atoms with E-state index in [-0.39, 0.29) is 21.3 Å². The number of hydrogen-bond acceptors (Lipinski definition) is 3. The van der Waals surface area contributed by atoms with Crippen LogP contribution < -0.4 is 4.72 Å². The van der Waals surface area contributed by atoms with Crippen molar-refractivity contribution in [3.05, 3.63) is 47.0 Å². The molecule has 0 aliphatic carbocycles. The van der Waals surface area contributed by atoms with E-state index in [1.54, 1.807) is 0 Å². The standard InChI is InChI=1S/C11H8ClFN2O4S/c12-8-2-1-6(13)3-9(8)15-20(18,19)7-4-10(11(16)17)14-5-7/h1-5,14-15H,(H,16,17). The molecule has 2 rings (SSSR count). The molecule has 9 heteroatoms. The maximum atomic E-state index is 13.1. The van der Waals surface area contributed by atoms with Crippen LogP contribution in [-0.2, 0) is 10.0 Å². The van der Waals surface area contributed by atoms with Gasteiger partial charge in [-0.15, -0.1) is 0 Å². The zero-order chi connectivity index (χ0) is 14.9. The van der Waals surface area contributed by atoms with E-state index in [1.165, 1.54) is 6.07 Å². The topological polar surface area (TPSA) is 99.3 Å². The molecule has 0 radical (unpaired) electrons. The Bertz CT molecular complexity index is 772. The van der Waals surface area contributed by atoms with E-state index in [1.807, 2.05) is 0 Å². The highest BCUT2D eigenvalue weighted by Crippen LogP contribution is 2.25. The Morgan fingerprint density at radius 3 is 2.65 bits per heavy atom. The molecular weight excluding hydrogens is 311 g/mol. The van der Waals surface area contributed by atoms with Gasteiger partial charge in [-0.1, -0.05) is 11.6 Å². The third-order valence-electron chi connectivity index (χ3n) is 2.37. The lowest BCUT2D eigenvalue weighted by molar-refractivity contribution is 0.0691. The van der Waals surface area contributed by atoms with Crippen molar-refractivity contribution < 1.29 is 22.7 Å². The number of H-pyrrole nitrogens is 1. The van der Waals surface area contributed by atoms with Gasteiger partial charge in [0.1, 0.15) is 16.4 Å². The van der Waals surface area contributed by atoms with Crippen LogP contribution in [0.4, 0.5) is 10.1 Å². The zero-order valence-corrected chi connectivity index (χ0v) is 11.3. The second kappa shape index (κ2) is 5.14. The minimum atomic E-state index is -4.06. The molecule has 0 atom stereocenters. The molecular formula is C11H8ClFN2O4S. The largest absolute Gasteiger partial charge is 0.477 e. The van der Waals surface area contributed by atoms with Gasteiger partial charge in [-0.05, 0) is 24.3 Å². The summed E-state index contributed by atoms with van der Waals surface area (Å²) in [6.07, 6.45) is 1.01. The summed E-state index contributed by atoms with van der Waals surface area (Å²) in [5, 5.41) is 8.73. The van der Waals surface area contributed by atoms with Gasteiger partial charge in [0.05, 0.1) is 10.7 Å². The van der Waals surface area contributed by atoms with E-state index in [9.17, 15) is 17.6 Å². The summed E-state index contributed by atoms with van der Waals surface area (Å²) in [6, 6.07) is 4.15. The molecule has 0 spiro atoms. The molecule has 6 nitrogen and oxygen atoms in total. The molecule has 0 bridgehead atoms. The van der Waals surface area contributed by atoms with E-state index in [2.05, 4.69) is 9.71 Å².